The van der Waals surface area contributed by atoms with Crippen molar-refractivity contribution in [2.75, 3.05) is 0 Å². The molecule has 0 amide bonds. The number of furan rings is 1. The van der Waals surface area contributed by atoms with Gasteiger partial charge in [0.1, 0.15) is 17.4 Å². The maximum Gasteiger partial charge on any atom is 0.321 e. The Hall–Kier alpha value is -4.20. The Morgan fingerprint density at radius 1 is 0.800 bits per heavy atom. The van der Waals surface area contributed by atoms with E-state index in [1.54, 1.807) is 12.1 Å². The van der Waals surface area contributed by atoms with Crippen LogP contribution < -0.4 is 4.72 Å². The maximum absolute atomic E-state index is 12.8. The summed E-state index contributed by atoms with van der Waals surface area (Å²) in [4.78, 5) is 11.6. The number of rotatable bonds is 10. The second-order valence-electron chi connectivity index (χ2n) is 10.3. The fourth-order valence-electron chi connectivity index (χ4n) is 4.90. The van der Waals surface area contributed by atoms with Gasteiger partial charge >= 0.3 is 5.97 Å². The van der Waals surface area contributed by atoms with Crippen LogP contribution in [0.5, 0.6) is 0 Å². The Morgan fingerprint density at radius 3 is 2.00 bits per heavy atom. The van der Waals surface area contributed by atoms with Crippen LogP contribution in [-0.4, -0.2) is 25.5 Å². The van der Waals surface area contributed by atoms with Crippen molar-refractivity contribution in [3.8, 4) is 22.3 Å². The molecule has 0 bridgehead atoms. The Bertz CT molecular complexity index is 1720. The van der Waals surface area contributed by atoms with Crippen molar-refractivity contribution in [2.24, 2.45) is 5.92 Å². The first kappa shape index (κ1) is 27.4. The molecule has 6 nitrogen and oxygen atoms in total. The van der Waals surface area contributed by atoms with Crippen molar-refractivity contribution in [1.82, 2.24) is 4.72 Å². The van der Waals surface area contributed by atoms with Gasteiger partial charge < -0.3 is 9.52 Å². The van der Waals surface area contributed by atoms with Crippen LogP contribution in [0, 0.1) is 5.92 Å². The van der Waals surface area contributed by atoms with Gasteiger partial charge in [0.05, 0.1) is 4.90 Å². The zero-order valence-corrected chi connectivity index (χ0v) is 23.2. The van der Waals surface area contributed by atoms with Crippen LogP contribution in [-0.2, 0) is 21.2 Å². The molecule has 7 heteroatoms. The number of sulfonamides is 1. The van der Waals surface area contributed by atoms with E-state index in [4.69, 9.17) is 4.42 Å². The van der Waals surface area contributed by atoms with E-state index in [1.165, 1.54) is 17.7 Å². The van der Waals surface area contributed by atoms with Gasteiger partial charge in [-0.3, -0.25) is 4.79 Å². The van der Waals surface area contributed by atoms with Crippen LogP contribution >= 0.6 is 0 Å². The summed E-state index contributed by atoms with van der Waals surface area (Å²) in [5.74, 6) is -0.255. The molecule has 1 heterocycles. The minimum atomic E-state index is -3.98. The highest BCUT2D eigenvalue weighted by atomic mass is 32.2. The third-order valence-electron chi connectivity index (χ3n) is 6.85. The van der Waals surface area contributed by atoms with E-state index in [0.717, 1.165) is 39.0 Å². The van der Waals surface area contributed by atoms with E-state index in [-0.39, 0.29) is 17.2 Å². The molecule has 1 atom stereocenters. The predicted molar refractivity (Wildman–Crippen MR) is 158 cm³/mol. The van der Waals surface area contributed by atoms with E-state index in [0.29, 0.717) is 6.42 Å². The van der Waals surface area contributed by atoms with E-state index < -0.39 is 22.0 Å². The lowest BCUT2D eigenvalue weighted by atomic mass is 9.96. The monoisotopic (exact) mass is 553 g/mol. The summed E-state index contributed by atoms with van der Waals surface area (Å²) in [6, 6.07) is 31.7. The maximum atomic E-state index is 12.8. The number of aliphatic carboxylic acids is 1. The predicted octanol–water partition coefficient (Wildman–Crippen LogP) is 7.14. The first-order valence-electron chi connectivity index (χ1n) is 13.2. The molecule has 0 aliphatic carbocycles. The van der Waals surface area contributed by atoms with Crippen LogP contribution in [0.3, 0.4) is 0 Å². The summed E-state index contributed by atoms with van der Waals surface area (Å²) >= 11 is 0. The summed E-state index contributed by atoms with van der Waals surface area (Å²) in [6.45, 7) is 3.70. The lowest BCUT2D eigenvalue weighted by molar-refractivity contribution is -0.139. The van der Waals surface area contributed by atoms with E-state index in [9.17, 15) is 18.3 Å². The molecule has 0 aliphatic rings. The largest absolute Gasteiger partial charge is 0.480 e. The molecule has 0 saturated heterocycles. The standard InChI is InChI=1S/C33H31NO5S/c1-22(2)20-29(33(35)36)34-40(37,38)27-18-16-25(17-19-27)24-12-14-26(15-13-24)32-28-10-6-7-11-30(28)39-31(32)21-23-8-4-3-5-9-23/h3-19,22,29,34H,20-21H2,1-2H3,(H,35,36)/t29-/m0/s1. The van der Waals surface area contributed by atoms with Crippen molar-refractivity contribution >= 4 is 27.0 Å². The first-order chi connectivity index (χ1) is 19.2. The Morgan fingerprint density at radius 2 is 1.38 bits per heavy atom. The summed E-state index contributed by atoms with van der Waals surface area (Å²) in [5, 5.41) is 10.5. The molecule has 0 aliphatic heterocycles. The van der Waals surface area contributed by atoms with Gasteiger partial charge in [0.15, 0.2) is 0 Å². The van der Waals surface area contributed by atoms with Crippen molar-refractivity contribution in [3.63, 3.8) is 0 Å². The number of fused-ring (bicyclic) bond motifs is 1. The fourth-order valence-corrected chi connectivity index (χ4v) is 6.10. The molecule has 5 aromatic rings. The Labute approximate surface area is 234 Å². The van der Waals surface area contributed by atoms with Gasteiger partial charge in [-0.1, -0.05) is 98.8 Å². The lowest BCUT2D eigenvalue weighted by Gasteiger charge is -2.16. The molecular formula is C33H31NO5S. The zero-order chi connectivity index (χ0) is 28.3. The Balaban J connectivity index is 1.40. The number of carbonyl (C=O) groups is 1. The summed E-state index contributed by atoms with van der Waals surface area (Å²) in [6.07, 6.45) is 0.883. The molecule has 204 valence electrons. The highest BCUT2D eigenvalue weighted by Crippen LogP contribution is 2.37. The van der Waals surface area contributed by atoms with Gasteiger partial charge in [-0.2, -0.15) is 4.72 Å². The van der Waals surface area contributed by atoms with Gasteiger partial charge in [0.2, 0.25) is 10.0 Å². The SMILES string of the molecule is CC(C)C[C@H](NS(=O)(=O)c1ccc(-c2ccc(-c3c(Cc4ccccc4)oc4ccccc34)cc2)cc1)C(=O)O. The van der Waals surface area contributed by atoms with Crippen molar-refractivity contribution < 1.29 is 22.7 Å². The minimum absolute atomic E-state index is 0.0262. The average molecular weight is 554 g/mol. The molecule has 4 aromatic carbocycles. The number of hydrogen-bond donors (Lipinski definition) is 2. The second-order valence-corrected chi connectivity index (χ2v) is 12.0. The van der Waals surface area contributed by atoms with Crippen molar-refractivity contribution in [1.29, 1.82) is 0 Å². The molecule has 2 N–H and O–H groups in total. The van der Waals surface area contributed by atoms with Crippen LogP contribution in [0.1, 0.15) is 31.6 Å². The topological polar surface area (TPSA) is 96.6 Å². The van der Waals surface area contributed by atoms with Crippen LogP contribution in [0.4, 0.5) is 0 Å². The average Bonchev–Trinajstić information content (AvgIpc) is 3.30. The molecule has 0 spiro atoms. The minimum Gasteiger partial charge on any atom is -0.480 e. The van der Waals surface area contributed by atoms with E-state index >= 15 is 0 Å². The number of carboxylic acids is 1. The molecular weight excluding hydrogens is 522 g/mol. The van der Waals surface area contributed by atoms with E-state index in [2.05, 4.69) is 35.1 Å². The smallest absolute Gasteiger partial charge is 0.321 e. The molecule has 40 heavy (non-hydrogen) atoms. The number of para-hydroxylation sites is 1. The summed E-state index contributed by atoms with van der Waals surface area (Å²) in [5.41, 5.74) is 5.89. The highest BCUT2D eigenvalue weighted by molar-refractivity contribution is 7.89. The quantitative estimate of drug-likeness (QED) is 0.192. The van der Waals surface area contributed by atoms with Gasteiger partial charge in [0, 0.05) is 17.4 Å². The van der Waals surface area contributed by atoms with Crippen LogP contribution in [0.15, 0.2) is 112 Å². The summed E-state index contributed by atoms with van der Waals surface area (Å²) < 4.78 is 34.3. The number of nitrogens with one attached hydrogen (secondary N) is 1. The van der Waals surface area contributed by atoms with Gasteiger partial charge in [-0.05, 0) is 52.8 Å². The number of benzene rings is 4. The lowest BCUT2D eigenvalue weighted by Crippen LogP contribution is -2.41. The molecule has 0 saturated carbocycles. The van der Waals surface area contributed by atoms with Crippen LogP contribution in [0.25, 0.3) is 33.2 Å². The summed E-state index contributed by atoms with van der Waals surface area (Å²) in [7, 11) is -3.98. The van der Waals surface area contributed by atoms with Crippen molar-refractivity contribution in [3.05, 3.63) is 114 Å². The Kier molecular flexibility index (Phi) is 7.87. The highest BCUT2D eigenvalue weighted by Gasteiger charge is 2.26. The molecule has 5 rings (SSSR count). The molecule has 0 unspecified atom stereocenters. The number of carboxylic acid groups (broad SMARTS) is 1. The second kappa shape index (κ2) is 11.5. The first-order valence-corrected chi connectivity index (χ1v) is 14.7. The third kappa shape index (κ3) is 6.01. The number of hydrogen-bond acceptors (Lipinski definition) is 4. The molecule has 0 fully saturated rings. The zero-order valence-electron chi connectivity index (χ0n) is 22.4. The molecule has 1 aromatic heterocycles. The van der Waals surface area contributed by atoms with Crippen LogP contribution in [0.2, 0.25) is 0 Å². The van der Waals surface area contributed by atoms with E-state index in [1.807, 2.05) is 62.4 Å². The third-order valence-corrected chi connectivity index (χ3v) is 8.34. The van der Waals surface area contributed by atoms with Crippen molar-refractivity contribution in [2.45, 2.75) is 37.6 Å². The normalized spacial score (nSPS) is 12.6. The molecule has 0 radical (unpaired) electrons. The fraction of sp³-hybridized carbons (Fsp3) is 0.182. The van der Waals surface area contributed by atoms with Gasteiger partial charge in [0.25, 0.3) is 0 Å². The van der Waals surface area contributed by atoms with Gasteiger partial charge in [-0.25, -0.2) is 8.42 Å². The van der Waals surface area contributed by atoms with Gasteiger partial charge in [-0.15, -0.1) is 0 Å².